The third kappa shape index (κ3) is 9.37. The summed E-state index contributed by atoms with van der Waals surface area (Å²) in [5.74, 6) is -4.38. The van der Waals surface area contributed by atoms with Crippen molar-refractivity contribution in [3.8, 4) is 0 Å². The van der Waals surface area contributed by atoms with E-state index in [4.69, 9.17) is 11.5 Å². The maximum absolute atomic E-state index is 12.7. The lowest BCUT2D eigenvalue weighted by Crippen LogP contribution is -2.59. The molecule has 0 aromatic heterocycles. The molecule has 0 heterocycles. The number of hydrogen-bond acceptors (Lipinski definition) is 6. The molecule has 0 saturated carbocycles. The van der Waals surface area contributed by atoms with Gasteiger partial charge in [0.1, 0.15) is 18.1 Å². The number of carbonyl (C=O) groups is 5. The van der Waals surface area contributed by atoms with E-state index in [0.717, 1.165) is 0 Å². The highest BCUT2D eigenvalue weighted by Gasteiger charge is 2.32. The van der Waals surface area contributed by atoms with Gasteiger partial charge in [-0.1, -0.05) is 34.1 Å². The van der Waals surface area contributed by atoms with Crippen LogP contribution in [0.1, 0.15) is 47.0 Å². The summed E-state index contributed by atoms with van der Waals surface area (Å²) in [4.78, 5) is 59.2. The predicted molar refractivity (Wildman–Crippen MR) is 105 cm³/mol. The molecule has 0 rings (SSSR count). The monoisotopic (exact) mass is 415 g/mol. The molecule has 0 aliphatic carbocycles. The molecule has 4 amide bonds. The van der Waals surface area contributed by atoms with Gasteiger partial charge >= 0.3 is 5.97 Å². The van der Waals surface area contributed by atoms with Crippen molar-refractivity contribution in [2.45, 2.75) is 65.1 Å². The SMILES string of the molecule is CCC(C)C(NC(=O)CN)C(=O)NC(C(=O)NC(CCC(N)=O)C(=O)O)C(C)C. The van der Waals surface area contributed by atoms with Crippen molar-refractivity contribution in [2.75, 3.05) is 6.54 Å². The minimum absolute atomic E-state index is 0.169. The number of carboxylic acid groups (broad SMARTS) is 1. The number of carbonyl (C=O) groups excluding carboxylic acids is 4. The average molecular weight is 415 g/mol. The molecule has 4 unspecified atom stereocenters. The van der Waals surface area contributed by atoms with Crippen LogP contribution in [0.5, 0.6) is 0 Å². The molecular weight excluding hydrogens is 382 g/mol. The number of amides is 4. The van der Waals surface area contributed by atoms with Crippen LogP contribution < -0.4 is 27.4 Å². The van der Waals surface area contributed by atoms with Crippen molar-refractivity contribution < 1.29 is 29.1 Å². The van der Waals surface area contributed by atoms with Gasteiger partial charge in [-0.05, 0) is 18.3 Å². The van der Waals surface area contributed by atoms with Crippen molar-refractivity contribution >= 4 is 29.6 Å². The van der Waals surface area contributed by atoms with Crippen LogP contribution in [0.4, 0.5) is 0 Å². The van der Waals surface area contributed by atoms with Crippen LogP contribution in [0.2, 0.25) is 0 Å². The molecule has 0 spiro atoms. The van der Waals surface area contributed by atoms with E-state index in [-0.39, 0.29) is 31.2 Å². The van der Waals surface area contributed by atoms with E-state index < -0.39 is 47.7 Å². The number of nitrogens with two attached hydrogens (primary N) is 2. The number of nitrogens with one attached hydrogen (secondary N) is 3. The fraction of sp³-hybridized carbons (Fsp3) is 0.722. The molecule has 0 saturated heterocycles. The Morgan fingerprint density at radius 1 is 0.931 bits per heavy atom. The topological polar surface area (TPSA) is 194 Å². The van der Waals surface area contributed by atoms with E-state index in [1.54, 1.807) is 20.8 Å². The van der Waals surface area contributed by atoms with E-state index in [0.29, 0.717) is 6.42 Å². The van der Waals surface area contributed by atoms with Gasteiger partial charge in [0.15, 0.2) is 0 Å². The van der Waals surface area contributed by atoms with Gasteiger partial charge in [-0.2, -0.15) is 0 Å². The molecule has 8 N–H and O–H groups in total. The molecule has 29 heavy (non-hydrogen) atoms. The molecule has 0 radical (unpaired) electrons. The third-order valence-electron chi connectivity index (χ3n) is 4.54. The number of hydrogen-bond donors (Lipinski definition) is 6. The van der Waals surface area contributed by atoms with Gasteiger partial charge in [-0.15, -0.1) is 0 Å². The summed E-state index contributed by atoms with van der Waals surface area (Å²) in [6.07, 6.45) is 0.212. The fourth-order valence-electron chi connectivity index (χ4n) is 2.52. The lowest BCUT2D eigenvalue weighted by atomic mass is 9.96. The highest BCUT2D eigenvalue weighted by molar-refractivity contribution is 5.94. The molecule has 0 aliphatic heterocycles. The second kappa shape index (κ2) is 12.7. The molecule has 0 aliphatic rings. The van der Waals surface area contributed by atoms with Crippen LogP contribution in [0.25, 0.3) is 0 Å². The van der Waals surface area contributed by atoms with Crippen LogP contribution in [0.3, 0.4) is 0 Å². The molecule has 0 bridgehead atoms. The smallest absolute Gasteiger partial charge is 0.326 e. The standard InChI is InChI=1S/C18H33N5O6/c1-5-10(4)15(22-13(25)8-19)17(27)23-14(9(2)3)16(26)21-11(18(28)29)6-7-12(20)24/h9-11,14-15H,5-8,19H2,1-4H3,(H2,20,24)(H,21,26)(H,22,25)(H,23,27)(H,28,29). The summed E-state index contributed by atoms with van der Waals surface area (Å²) in [7, 11) is 0. The van der Waals surface area contributed by atoms with Crippen LogP contribution in [-0.4, -0.2) is 59.4 Å². The second-order valence-corrected chi connectivity index (χ2v) is 7.27. The summed E-state index contributed by atoms with van der Waals surface area (Å²) in [6.45, 7) is 6.70. The molecule has 166 valence electrons. The minimum atomic E-state index is -1.32. The fourth-order valence-corrected chi connectivity index (χ4v) is 2.52. The zero-order chi connectivity index (χ0) is 22.7. The molecule has 0 aromatic rings. The van der Waals surface area contributed by atoms with E-state index in [1.807, 2.05) is 6.92 Å². The Kier molecular flexibility index (Phi) is 11.5. The van der Waals surface area contributed by atoms with Crippen LogP contribution in [0.15, 0.2) is 0 Å². The van der Waals surface area contributed by atoms with Crippen LogP contribution >= 0.6 is 0 Å². The first-order valence-corrected chi connectivity index (χ1v) is 9.55. The van der Waals surface area contributed by atoms with E-state index in [9.17, 15) is 29.1 Å². The number of carboxylic acids is 1. The maximum Gasteiger partial charge on any atom is 0.326 e. The highest BCUT2D eigenvalue weighted by atomic mass is 16.4. The molecule has 11 nitrogen and oxygen atoms in total. The zero-order valence-corrected chi connectivity index (χ0v) is 17.4. The van der Waals surface area contributed by atoms with Crippen molar-refractivity contribution in [2.24, 2.45) is 23.3 Å². The van der Waals surface area contributed by atoms with Crippen molar-refractivity contribution in [3.05, 3.63) is 0 Å². The Bertz CT molecular complexity index is 610. The quantitative estimate of drug-likeness (QED) is 0.209. The van der Waals surface area contributed by atoms with Gasteiger partial charge in [0, 0.05) is 6.42 Å². The molecule has 0 fully saturated rings. The average Bonchev–Trinajstić information content (AvgIpc) is 2.65. The first-order chi connectivity index (χ1) is 13.4. The summed E-state index contributed by atoms with van der Waals surface area (Å²) in [5.41, 5.74) is 10.3. The zero-order valence-electron chi connectivity index (χ0n) is 17.4. The molecule has 0 aromatic carbocycles. The maximum atomic E-state index is 12.7. The van der Waals surface area contributed by atoms with Gasteiger partial charge < -0.3 is 32.5 Å². The van der Waals surface area contributed by atoms with Gasteiger partial charge in [0.25, 0.3) is 0 Å². The van der Waals surface area contributed by atoms with Gasteiger partial charge in [0.2, 0.25) is 23.6 Å². The van der Waals surface area contributed by atoms with Crippen LogP contribution in [0, 0.1) is 11.8 Å². The van der Waals surface area contributed by atoms with Gasteiger partial charge in [-0.25, -0.2) is 4.79 Å². The van der Waals surface area contributed by atoms with Crippen molar-refractivity contribution in [1.29, 1.82) is 0 Å². The molecular formula is C18H33N5O6. The second-order valence-electron chi connectivity index (χ2n) is 7.27. The summed E-state index contributed by atoms with van der Waals surface area (Å²) in [5, 5.41) is 16.7. The van der Waals surface area contributed by atoms with Gasteiger partial charge in [0.05, 0.1) is 6.54 Å². The van der Waals surface area contributed by atoms with E-state index in [2.05, 4.69) is 16.0 Å². The van der Waals surface area contributed by atoms with Gasteiger partial charge in [-0.3, -0.25) is 19.2 Å². The Morgan fingerprint density at radius 3 is 1.90 bits per heavy atom. The Hall–Kier alpha value is -2.69. The number of rotatable bonds is 13. The third-order valence-corrected chi connectivity index (χ3v) is 4.54. The van der Waals surface area contributed by atoms with Crippen molar-refractivity contribution in [3.63, 3.8) is 0 Å². The largest absolute Gasteiger partial charge is 0.480 e. The first-order valence-electron chi connectivity index (χ1n) is 9.55. The number of primary amides is 1. The van der Waals surface area contributed by atoms with Crippen LogP contribution in [-0.2, 0) is 24.0 Å². The Morgan fingerprint density at radius 2 is 1.48 bits per heavy atom. The summed E-state index contributed by atoms with van der Waals surface area (Å²) in [6, 6.07) is -3.26. The first kappa shape index (κ1) is 26.3. The lowest BCUT2D eigenvalue weighted by molar-refractivity contribution is -0.143. The highest BCUT2D eigenvalue weighted by Crippen LogP contribution is 2.11. The number of aliphatic carboxylic acids is 1. The predicted octanol–water partition coefficient (Wildman–Crippen LogP) is -1.55. The van der Waals surface area contributed by atoms with Crippen molar-refractivity contribution in [1.82, 2.24) is 16.0 Å². The molecule has 11 heteroatoms. The summed E-state index contributed by atoms with van der Waals surface area (Å²) < 4.78 is 0. The lowest BCUT2D eigenvalue weighted by Gasteiger charge is -2.28. The Balaban J connectivity index is 5.33. The minimum Gasteiger partial charge on any atom is -0.480 e. The summed E-state index contributed by atoms with van der Waals surface area (Å²) >= 11 is 0. The van der Waals surface area contributed by atoms with E-state index in [1.165, 1.54) is 0 Å². The Labute approximate surface area is 170 Å². The van der Waals surface area contributed by atoms with E-state index >= 15 is 0 Å². The normalized spacial score (nSPS) is 15.0. The molecule has 4 atom stereocenters.